The van der Waals surface area contributed by atoms with Gasteiger partial charge in [-0.15, -0.1) is 11.8 Å². The molecule has 1 aromatic carbocycles. The van der Waals surface area contributed by atoms with Crippen LogP contribution in [0.15, 0.2) is 23.1 Å². The molecule has 17 heavy (non-hydrogen) atoms. The Morgan fingerprint density at radius 1 is 1.24 bits per heavy atom. The number of hydrogen-bond donors (Lipinski definition) is 1. The van der Waals surface area contributed by atoms with Gasteiger partial charge in [0, 0.05) is 16.7 Å². The fraction of sp³-hybridized carbons (Fsp3) is 0.600. The van der Waals surface area contributed by atoms with E-state index in [1.165, 1.54) is 34.6 Å². The summed E-state index contributed by atoms with van der Waals surface area (Å²) in [4.78, 5) is 1.42. The fourth-order valence-corrected chi connectivity index (χ4v) is 3.01. The molecule has 0 aromatic heterocycles. The summed E-state index contributed by atoms with van der Waals surface area (Å²) >= 11 is 1.98. The Kier molecular flexibility index (Phi) is 6.68. The minimum absolute atomic E-state index is 0.639. The maximum atomic E-state index is 3.60. The van der Waals surface area contributed by atoms with Crippen molar-refractivity contribution in [3.8, 4) is 0 Å². The number of nitrogens with one attached hydrogen (secondary N) is 1. The highest BCUT2D eigenvalue weighted by molar-refractivity contribution is 7.99. The summed E-state index contributed by atoms with van der Waals surface area (Å²) in [7, 11) is 0. The van der Waals surface area contributed by atoms with Crippen LogP contribution in [0.25, 0.3) is 0 Å². The number of rotatable bonds is 7. The molecule has 0 aliphatic rings. The summed E-state index contributed by atoms with van der Waals surface area (Å²) in [6.45, 7) is 9.97. The van der Waals surface area contributed by atoms with Crippen molar-refractivity contribution in [1.29, 1.82) is 0 Å². The molecule has 1 rings (SSSR count). The molecule has 0 spiro atoms. The molecule has 0 aliphatic carbocycles. The quantitative estimate of drug-likeness (QED) is 0.730. The van der Waals surface area contributed by atoms with Crippen molar-refractivity contribution in [3.05, 3.63) is 29.3 Å². The van der Waals surface area contributed by atoms with Gasteiger partial charge in [-0.2, -0.15) is 0 Å². The second kappa shape index (κ2) is 7.78. The summed E-state index contributed by atoms with van der Waals surface area (Å²) in [5.74, 6) is 1.17. The lowest BCUT2D eigenvalue weighted by Crippen LogP contribution is -2.31. The third-order valence-electron chi connectivity index (χ3n) is 2.95. The third-order valence-corrected chi connectivity index (χ3v) is 4.28. The van der Waals surface area contributed by atoms with Crippen molar-refractivity contribution in [2.24, 2.45) is 0 Å². The van der Waals surface area contributed by atoms with Crippen LogP contribution in [0, 0.1) is 13.8 Å². The third kappa shape index (κ3) is 5.13. The van der Waals surface area contributed by atoms with E-state index in [0.29, 0.717) is 6.04 Å². The maximum Gasteiger partial charge on any atom is 0.0159 e. The zero-order chi connectivity index (χ0) is 12.7. The monoisotopic (exact) mass is 251 g/mol. The lowest BCUT2D eigenvalue weighted by molar-refractivity contribution is 0.539. The molecule has 96 valence electrons. The Hall–Kier alpha value is -0.470. The molecule has 1 atom stereocenters. The standard InChI is InChI=1S/C15H25NS/c1-5-9-16-14(6-2)11-17-15-8-7-12(3)10-13(15)4/h7-8,10,14,16H,5-6,9,11H2,1-4H3. The van der Waals surface area contributed by atoms with E-state index < -0.39 is 0 Å². The molecular weight excluding hydrogens is 226 g/mol. The van der Waals surface area contributed by atoms with Gasteiger partial charge in [0.1, 0.15) is 0 Å². The second-order valence-corrected chi connectivity index (χ2v) is 5.70. The molecule has 1 unspecified atom stereocenters. The first-order valence-electron chi connectivity index (χ1n) is 6.60. The SMILES string of the molecule is CCCNC(CC)CSc1ccc(C)cc1C. The number of thioether (sulfide) groups is 1. The zero-order valence-corrected chi connectivity index (χ0v) is 12.4. The van der Waals surface area contributed by atoms with Crippen molar-refractivity contribution >= 4 is 11.8 Å². The van der Waals surface area contributed by atoms with Crippen LogP contribution in [-0.2, 0) is 0 Å². The predicted octanol–water partition coefficient (Wildman–Crippen LogP) is 4.17. The Morgan fingerprint density at radius 2 is 2.00 bits per heavy atom. The minimum Gasteiger partial charge on any atom is -0.313 e. The van der Waals surface area contributed by atoms with Crippen molar-refractivity contribution in [3.63, 3.8) is 0 Å². The Morgan fingerprint density at radius 3 is 2.59 bits per heavy atom. The lowest BCUT2D eigenvalue weighted by Gasteiger charge is -2.16. The van der Waals surface area contributed by atoms with Gasteiger partial charge in [-0.05, 0) is 44.9 Å². The van der Waals surface area contributed by atoms with Gasteiger partial charge in [0.25, 0.3) is 0 Å². The van der Waals surface area contributed by atoms with Gasteiger partial charge in [-0.25, -0.2) is 0 Å². The van der Waals surface area contributed by atoms with Crippen molar-refractivity contribution in [1.82, 2.24) is 5.32 Å². The van der Waals surface area contributed by atoms with Crippen molar-refractivity contribution < 1.29 is 0 Å². The molecule has 0 fully saturated rings. The molecule has 0 radical (unpaired) electrons. The minimum atomic E-state index is 0.639. The maximum absolute atomic E-state index is 3.60. The van der Waals surface area contributed by atoms with Gasteiger partial charge in [0.2, 0.25) is 0 Å². The topological polar surface area (TPSA) is 12.0 Å². The molecular formula is C15H25NS. The smallest absolute Gasteiger partial charge is 0.0159 e. The predicted molar refractivity (Wildman–Crippen MR) is 79.0 cm³/mol. The van der Waals surface area contributed by atoms with Crippen LogP contribution in [0.5, 0.6) is 0 Å². The number of aryl methyl sites for hydroxylation is 2. The van der Waals surface area contributed by atoms with E-state index in [1.807, 2.05) is 11.8 Å². The Labute approximate surface area is 110 Å². The number of hydrogen-bond acceptors (Lipinski definition) is 2. The van der Waals surface area contributed by atoms with Gasteiger partial charge in [-0.3, -0.25) is 0 Å². The molecule has 0 amide bonds. The first kappa shape index (κ1) is 14.6. The molecule has 0 bridgehead atoms. The zero-order valence-electron chi connectivity index (χ0n) is 11.5. The highest BCUT2D eigenvalue weighted by Gasteiger charge is 2.06. The highest BCUT2D eigenvalue weighted by Crippen LogP contribution is 2.24. The molecule has 0 aliphatic heterocycles. The first-order valence-corrected chi connectivity index (χ1v) is 7.59. The van der Waals surface area contributed by atoms with E-state index in [1.54, 1.807) is 0 Å². The van der Waals surface area contributed by atoms with Crippen LogP contribution in [0.2, 0.25) is 0 Å². The summed E-state index contributed by atoms with van der Waals surface area (Å²) in [6.07, 6.45) is 2.42. The summed E-state index contributed by atoms with van der Waals surface area (Å²) in [5.41, 5.74) is 2.75. The van der Waals surface area contributed by atoms with E-state index in [9.17, 15) is 0 Å². The van der Waals surface area contributed by atoms with E-state index >= 15 is 0 Å². The normalized spacial score (nSPS) is 12.7. The fourth-order valence-electron chi connectivity index (χ4n) is 1.82. The van der Waals surface area contributed by atoms with Gasteiger partial charge >= 0.3 is 0 Å². The van der Waals surface area contributed by atoms with Crippen LogP contribution in [-0.4, -0.2) is 18.3 Å². The Balaban J connectivity index is 2.47. The molecule has 0 saturated carbocycles. The molecule has 1 nitrogen and oxygen atoms in total. The first-order chi connectivity index (χ1) is 8.17. The Bertz CT molecular complexity index is 336. The van der Waals surface area contributed by atoms with Crippen LogP contribution in [0.3, 0.4) is 0 Å². The van der Waals surface area contributed by atoms with Crippen LogP contribution >= 0.6 is 11.8 Å². The molecule has 0 saturated heterocycles. The second-order valence-electron chi connectivity index (χ2n) is 4.64. The molecule has 2 heteroatoms. The van der Waals surface area contributed by atoms with Gasteiger partial charge in [0.15, 0.2) is 0 Å². The van der Waals surface area contributed by atoms with E-state index in [-0.39, 0.29) is 0 Å². The van der Waals surface area contributed by atoms with E-state index in [0.717, 1.165) is 6.54 Å². The van der Waals surface area contributed by atoms with Gasteiger partial charge in [-0.1, -0.05) is 31.5 Å². The summed E-state index contributed by atoms with van der Waals surface area (Å²) in [6, 6.07) is 7.36. The van der Waals surface area contributed by atoms with Crippen molar-refractivity contribution in [2.45, 2.75) is 51.5 Å². The summed E-state index contributed by atoms with van der Waals surface area (Å²) < 4.78 is 0. The van der Waals surface area contributed by atoms with Gasteiger partial charge < -0.3 is 5.32 Å². The van der Waals surface area contributed by atoms with Crippen LogP contribution < -0.4 is 5.32 Å². The van der Waals surface area contributed by atoms with Crippen LogP contribution in [0.1, 0.15) is 37.8 Å². The largest absolute Gasteiger partial charge is 0.313 e. The van der Waals surface area contributed by atoms with Gasteiger partial charge in [0.05, 0.1) is 0 Å². The lowest BCUT2D eigenvalue weighted by atomic mass is 10.2. The molecule has 1 N–H and O–H groups in total. The van der Waals surface area contributed by atoms with Crippen molar-refractivity contribution in [2.75, 3.05) is 12.3 Å². The average Bonchev–Trinajstić information content (AvgIpc) is 2.31. The van der Waals surface area contributed by atoms with E-state index in [4.69, 9.17) is 0 Å². The van der Waals surface area contributed by atoms with E-state index in [2.05, 4.69) is 51.2 Å². The van der Waals surface area contributed by atoms with Crippen LogP contribution in [0.4, 0.5) is 0 Å². The molecule has 1 aromatic rings. The summed E-state index contributed by atoms with van der Waals surface area (Å²) in [5, 5.41) is 3.60. The average molecular weight is 251 g/mol. The molecule has 0 heterocycles. The number of benzene rings is 1. The highest BCUT2D eigenvalue weighted by atomic mass is 32.2.